The van der Waals surface area contributed by atoms with Crippen LogP contribution in [0.4, 0.5) is 11.6 Å². The molecule has 0 unspecified atom stereocenters. The van der Waals surface area contributed by atoms with Crippen molar-refractivity contribution in [1.82, 2.24) is 9.97 Å². The molecule has 0 bridgehead atoms. The fourth-order valence-electron chi connectivity index (χ4n) is 1.58. The monoisotopic (exact) mass is 255 g/mol. The number of rotatable bonds is 6. The molecule has 0 atom stereocenters. The first kappa shape index (κ1) is 14.6. The van der Waals surface area contributed by atoms with E-state index in [1.54, 1.807) is 6.92 Å². The standard InChI is InChI=1S/C11H21N5O2/c1-4-11(5-17,6-18)15-9-7(2)10(16-12)14-8(3)13-9/h17-18H,4-6,12H2,1-3H3,(H2,13,14,15,16). The number of aliphatic hydroxyl groups is 2. The summed E-state index contributed by atoms with van der Waals surface area (Å²) in [6, 6.07) is 0. The Kier molecular flexibility index (Phi) is 4.83. The highest BCUT2D eigenvalue weighted by molar-refractivity contribution is 5.57. The Morgan fingerprint density at radius 2 is 1.72 bits per heavy atom. The summed E-state index contributed by atoms with van der Waals surface area (Å²) in [7, 11) is 0. The minimum absolute atomic E-state index is 0.187. The highest BCUT2D eigenvalue weighted by Gasteiger charge is 2.28. The number of hydrogen-bond donors (Lipinski definition) is 5. The van der Waals surface area contributed by atoms with Gasteiger partial charge < -0.3 is 21.0 Å². The van der Waals surface area contributed by atoms with Crippen molar-refractivity contribution in [1.29, 1.82) is 0 Å². The second-order valence-corrected chi connectivity index (χ2v) is 4.31. The van der Waals surface area contributed by atoms with Crippen LogP contribution in [0.3, 0.4) is 0 Å². The van der Waals surface area contributed by atoms with Gasteiger partial charge >= 0.3 is 0 Å². The summed E-state index contributed by atoms with van der Waals surface area (Å²) >= 11 is 0. The van der Waals surface area contributed by atoms with Gasteiger partial charge in [-0.1, -0.05) is 6.92 Å². The van der Waals surface area contributed by atoms with Crippen LogP contribution in [0.15, 0.2) is 0 Å². The van der Waals surface area contributed by atoms with Gasteiger partial charge in [-0.3, -0.25) is 0 Å². The summed E-state index contributed by atoms with van der Waals surface area (Å²) in [6.45, 7) is 5.07. The molecule has 0 aliphatic rings. The number of nitrogens with zero attached hydrogens (tertiary/aromatic N) is 2. The number of anilines is 2. The average Bonchev–Trinajstić information content (AvgIpc) is 2.39. The van der Waals surface area contributed by atoms with Gasteiger partial charge in [0.15, 0.2) is 0 Å². The SMILES string of the molecule is CCC(CO)(CO)Nc1nc(C)nc(NN)c1C. The zero-order valence-corrected chi connectivity index (χ0v) is 11.0. The molecule has 0 radical (unpaired) electrons. The van der Waals surface area contributed by atoms with Crippen molar-refractivity contribution in [2.45, 2.75) is 32.7 Å². The van der Waals surface area contributed by atoms with Crippen LogP contribution in [0.2, 0.25) is 0 Å². The summed E-state index contributed by atoms with van der Waals surface area (Å²) in [5, 5.41) is 21.9. The number of nitrogens with two attached hydrogens (primary N) is 1. The number of hydrazine groups is 1. The fourth-order valence-corrected chi connectivity index (χ4v) is 1.58. The normalized spacial score (nSPS) is 11.4. The van der Waals surface area contributed by atoms with Crippen molar-refractivity contribution >= 4 is 11.6 Å². The molecule has 0 saturated carbocycles. The van der Waals surface area contributed by atoms with Crippen molar-refractivity contribution in [3.05, 3.63) is 11.4 Å². The molecule has 18 heavy (non-hydrogen) atoms. The van der Waals surface area contributed by atoms with Crippen LogP contribution < -0.4 is 16.6 Å². The zero-order chi connectivity index (χ0) is 13.8. The van der Waals surface area contributed by atoms with E-state index in [0.29, 0.717) is 23.9 Å². The molecular formula is C11H21N5O2. The molecule has 1 aromatic heterocycles. The number of hydrogen-bond acceptors (Lipinski definition) is 7. The van der Waals surface area contributed by atoms with E-state index >= 15 is 0 Å². The molecule has 0 amide bonds. The predicted octanol–water partition coefficient (Wildman–Crippen LogP) is -0.0757. The molecule has 102 valence electrons. The highest BCUT2D eigenvalue weighted by Crippen LogP contribution is 2.23. The van der Waals surface area contributed by atoms with Crippen LogP contribution in [0.1, 0.15) is 24.7 Å². The van der Waals surface area contributed by atoms with Gasteiger partial charge in [-0.2, -0.15) is 0 Å². The summed E-state index contributed by atoms with van der Waals surface area (Å²) in [5.41, 5.74) is 2.44. The third-order valence-electron chi connectivity index (χ3n) is 3.06. The lowest BCUT2D eigenvalue weighted by atomic mass is 9.98. The van der Waals surface area contributed by atoms with Gasteiger partial charge in [0.1, 0.15) is 17.5 Å². The molecule has 1 heterocycles. The maximum atomic E-state index is 9.42. The Morgan fingerprint density at radius 1 is 1.17 bits per heavy atom. The van der Waals surface area contributed by atoms with Crippen LogP contribution in [0.5, 0.6) is 0 Å². The summed E-state index contributed by atoms with van der Waals surface area (Å²) < 4.78 is 0. The van der Waals surface area contributed by atoms with Crippen molar-refractivity contribution < 1.29 is 10.2 Å². The predicted molar refractivity (Wildman–Crippen MR) is 70.1 cm³/mol. The van der Waals surface area contributed by atoms with Gasteiger partial charge in [-0.05, 0) is 20.3 Å². The van der Waals surface area contributed by atoms with Gasteiger partial charge in [0.05, 0.1) is 18.8 Å². The largest absolute Gasteiger partial charge is 0.394 e. The lowest BCUT2D eigenvalue weighted by Gasteiger charge is -2.31. The molecule has 0 spiro atoms. The molecule has 7 heteroatoms. The Balaban J connectivity index is 3.13. The van der Waals surface area contributed by atoms with Crippen molar-refractivity contribution in [3.8, 4) is 0 Å². The van der Waals surface area contributed by atoms with E-state index in [1.165, 1.54) is 0 Å². The second-order valence-electron chi connectivity index (χ2n) is 4.31. The van der Waals surface area contributed by atoms with Gasteiger partial charge in [0, 0.05) is 5.56 Å². The molecule has 0 fully saturated rings. The summed E-state index contributed by atoms with van der Waals surface area (Å²) in [4.78, 5) is 8.42. The van der Waals surface area contributed by atoms with Gasteiger partial charge in [-0.15, -0.1) is 0 Å². The van der Waals surface area contributed by atoms with Crippen LogP contribution in [0, 0.1) is 13.8 Å². The van der Waals surface area contributed by atoms with E-state index in [9.17, 15) is 10.2 Å². The minimum atomic E-state index is -0.794. The molecule has 0 aromatic carbocycles. The third kappa shape index (κ3) is 2.87. The summed E-state index contributed by atoms with van der Waals surface area (Å²) in [5.74, 6) is 7.01. The molecule has 0 saturated heterocycles. The van der Waals surface area contributed by atoms with Crippen LogP contribution >= 0.6 is 0 Å². The molecule has 7 nitrogen and oxygen atoms in total. The van der Waals surface area contributed by atoms with Crippen molar-refractivity contribution in [2.24, 2.45) is 5.84 Å². The Labute approximate surface area is 106 Å². The maximum Gasteiger partial charge on any atom is 0.148 e. The number of aryl methyl sites for hydroxylation is 1. The lowest BCUT2D eigenvalue weighted by molar-refractivity contribution is 0.132. The molecular weight excluding hydrogens is 234 g/mol. The first-order valence-corrected chi connectivity index (χ1v) is 5.83. The third-order valence-corrected chi connectivity index (χ3v) is 3.06. The van der Waals surface area contributed by atoms with E-state index < -0.39 is 5.54 Å². The van der Waals surface area contributed by atoms with E-state index in [-0.39, 0.29) is 13.2 Å². The number of nitrogen functional groups attached to an aromatic ring is 1. The smallest absolute Gasteiger partial charge is 0.148 e. The van der Waals surface area contributed by atoms with Crippen LogP contribution in [0.25, 0.3) is 0 Å². The summed E-state index contributed by atoms with van der Waals surface area (Å²) in [6.07, 6.45) is 0.563. The lowest BCUT2D eigenvalue weighted by Crippen LogP contribution is -2.45. The first-order valence-electron chi connectivity index (χ1n) is 5.83. The van der Waals surface area contributed by atoms with Crippen molar-refractivity contribution in [3.63, 3.8) is 0 Å². The molecule has 6 N–H and O–H groups in total. The number of aliphatic hydroxyl groups excluding tert-OH is 2. The molecule has 0 aliphatic carbocycles. The van der Waals surface area contributed by atoms with Crippen molar-refractivity contribution in [2.75, 3.05) is 24.0 Å². The van der Waals surface area contributed by atoms with Crippen LogP contribution in [-0.4, -0.2) is 38.9 Å². The fraction of sp³-hybridized carbons (Fsp3) is 0.636. The van der Waals surface area contributed by atoms with Gasteiger partial charge in [-0.25, -0.2) is 15.8 Å². The quantitative estimate of drug-likeness (QED) is 0.356. The molecule has 1 rings (SSSR count). The Bertz CT molecular complexity index is 398. The Morgan fingerprint density at radius 3 is 2.17 bits per heavy atom. The second kappa shape index (κ2) is 5.94. The number of nitrogens with one attached hydrogen (secondary N) is 2. The Hall–Kier alpha value is -1.44. The van der Waals surface area contributed by atoms with E-state index in [4.69, 9.17) is 5.84 Å². The van der Waals surface area contributed by atoms with Gasteiger partial charge in [0.2, 0.25) is 0 Å². The van der Waals surface area contributed by atoms with E-state index in [1.807, 2.05) is 13.8 Å². The van der Waals surface area contributed by atoms with Crippen LogP contribution in [-0.2, 0) is 0 Å². The zero-order valence-electron chi connectivity index (χ0n) is 11.0. The van der Waals surface area contributed by atoms with Gasteiger partial charge in [0.25, 0.3) is 0 Å². The maximum absolute atomic E-state index is 9.42. The molecule has 0 aliphatic heterocycles. The van der Waals surface area contributed by atoms with E-state index in [0.717, 1.165) is 5.56 Å². The minimum Gasteiger partial charge on any atom is -0.394 e. The molecule has 1 aromatic rings. The highest BCUT2D eigenvalue weighted by atomic mass is 16.3. The first-order chi connectivity index (χ1) is 8.51. The topological polar surface area (TPSA) is 116 Å². The van der Waals surface area contributed by atoms with E-state index in [2.05, 4.69) is 20.7 Å². The number of aromatic nitrogens is 2. The average molecular weight is 255 g/mol.